The van der Waals surface area contributed by atoms with Crippen LogP contribution in [0.1, 0.15) is 36.8 Å². The van der Waals surface area contributed by atoms with E-state index in [1.807, 2.05) is 17.5 Å². The number of nitrogens with one attached hydrogen (secondary N) is 1. The number of benzene rings is 1. The first kappa shape index (κ1) is 18.3. The minimum absolute atomic E-state index is 0.115. The van der Waals surface area contributed by atoms with Crippen LogP contribution in [-0.4, -0.2) is 29.1 Å². The first-order chi connectivity index (χ1) is 12.5. The number of thiophene rings is 1. The van der Waals surface area contributed by atoms with Crippen LogP contribution in [0.2, 0.25) is 0 Å². The third-order valence-corrected chi connectivity index (χ3v) is 5.08. The quantitative estimate of drug-likeness (QED) is 0.874. The fourth-order valence-electron chi connectivity index (χ4n) is 2.72. The van der Waals surface area contributed by atoms with Gasteiger partial charge in [0.15, 0.2) is 0 Å². The Labute approximate surface area is 155 Å². The standard InChI is InChI=1S/C19H20FN3O2S/c1-12(2)19(25)21-11-18(24)23-16(13-5-7-14(20)8-6-13)10-15(22-23)17-4-3-9-26-17/h3-9,12,16H,10-11H2,1-2H3,(H,21,25). The number of nitrogens with zero attached hydrogens (tertiary/aromatic N) is 2. The molecule has 0 spiro atoms. The van der Waals surface area contributed by atoms with Crippen molar-refractivity contribution in [1.82, 2.24) is 10.3 Å². The minimum Gasteiger partial charge on any atom is -0.347 e. The van der Waals surface area contributed by atoms with E-state index in [0.717, 1.165) is 16.2 Å². The second-order valence-corrected chi connectivity index (χ2v) is 7.35. The van der Waals surface area contributed by atoms with Crippen molar-refractivity contribution in [3.8, 4) is 0 Å². The van der Waals surface area contributed by atoms with E-state index >= 15 is 0 Å². The first-order valence-corrected chi connectivity index (χ1v) is 9.30. The summed E-state index contributed by atoms with van der Waals surface area (Å²) < 4.78 is 13.3. The third-order valence-electron chi connectivity index (χ3n) is 4.16. The second-order valence-electron chi connectivity index (χ2n) is 6.41. The van der Waals surface area contributed by atoms with Crippen LogP contribution >= 0.6 is 11.3 Å². The van der Waals surface area contributed by atoms with Crippen LogP contribution < -0.4 is 5.32 Å². The summed E-state index contributed by atoms with van der Waals surface area (Å²) in [6.45, 7) is 3.42. The summed E-state index contributed by atoms with van der Waals surface area (Å²) in [5.74, 6) is -0.995. The Balaban J connectivity index is 1.82. The largest absolute Gasteiger partial charge is 0.347 e. The lowest BCUT2D eigenvalue weighted by molar-refractivity contribution is -0.135. The number of halogens is 1. The van der Waals surface area contributed by atoms with Gasteiger partial charge < -0.3 is 5.32 Å². The zero-order chi connectivity index (χ0) is 18.7. The number of carbonyl (C=O) groups is 2. The third kappa shape index (κ3) is 3.99. The molecule has 0 bridgehead atoms. The maximum Gasteiger partial charge on any atom is 0.262 e. The van der Waals surface area contributed by atoms with Gasteiger partial charge in [-0.05, 0) is 29.1 Å². The van der Waals surface area contributed by atoms with Gasteiger partial charge in [-0.15, -0.1) is 11.3 Å². The number of amides is 2. The molecule has 1 N–H and O–H groups in total. The van der Waals surface area contributed by atoms with E-state index < -0.39 is 0 Å². The van der Waals surface area contributed by atoms with Crippen molar-refractivity contribution in [3.05, 3.63) is 58.0 Å². The summed E-state index contributed by atoms with van der Waals surface area (Å²) in [4.78, 5) is 25.4. The highest BCUT2D eigenvalue weighted by Crippen LogP contribution is 2.33. The van der Waals surface area contributed by atoms with Crippen LogP contribution in [-0.2, 0) is 9.59 Å². The fourth-order valence-corrected chi connectivity index (χ4v) is 3.45. The maximum atomic E-state index is 13.3. The molecule has 1 aliphatic rings. The van der Waals surface area contributed by atoms with Gasteiger partial charge >= 0.3 is 0 Å². The lowest BCUT2D eigenvalue weighted by Crippen LogP contribution is -2.39. The van der Waals surface area contributed by atoms with E-state index in [9.17, 15) is 14.0 Å². The van der Waals surface area contributed by atoms with Crippen molar-refractivity contribution in [3.63, 3.8) is 0 Å². The van der Waals surface area contributed by atoms with E-state index in [1.54, 1.807) is 37.3 Å². The van der Waals surface area contributed by atoms with Crippen molar-refractivity contribution in [2.45, 2.75) is 26.3 Å². The van der Waals surface area contributed by atoms with E-state index in [4.69, 9.17) is 0 Å². The van der Waals surface area contributed by atoms with Crippen LogP contribution in [0.3, 0.4) is 0 Å². The summed E-state index contributed by atoms with van der Waals surface area (Å²) in [5.41, 5.74) is 1.63. The van der Waals surface area contributed by atoms with E-state index in [2.05, 4.69) is 10.4 Å². The molecule has 136 valence electrons. The molecule has 1 aromatic heterocycles. The lowest BCUT2D eigenvalue weighted by atomic mass is 10.0. The van der Waals surface area contributed by atoms with Crippen LogP contribution in [0.4, 0.5) is 4.39 Å². The van der Waals surface area contributed by atoms with E-state index in [0.29, 0.717) is 6.42 Å². The molecule has 2 amide bonds. The molecule has 2 aromatic rings. The predicted molar refractivity (Wildman–Crippen MR) is 99.3 cm³/mol. The average molecular weight is 373 g/mol. The minimum atomic E-state index is -0.326. The van der Waals surface area contributed by atoms with Gasteiger partial charge in [-0.3, -0.25) is 9.59 Å². The van der Waals surface area contributed by atoms with Crippen LogP contribution in [0.15, 0.2) is 46.9 Å². The molecule has 0 radical (unpaired) electrons. The molecule has 7 heteroatoms. The van der Waals surface area contributed by atoms with Gasteiger partial charge in [0.2, 0.25) is 5.91 Å². The van der Waals surface area contributed by atoms with Gasteiger partial charge in [0.05, 0.1) is 23.2 Å². The van der Waals surface area contributed by atoms with Gasteiger partial charge in [0.1, 0.15) is 5.82 Å². The Kier molecular flexibility index (Phi) is 5.46. The summed E-state index contributed by atoms with van der Waals surface area (Å²) in [7, 11) is 0. The highest BCUT2D eigenvalue weighted by atomic mass is 32.1. The first-order valence-electron chi connectivity index (χ1n) is 8.42. The molecule has 0 aliphatic carbocycles. The van der Waals surface area contributed by atoms with Gasteiger partial charge in [0, 0.05) is 12.3 Å². The molecule has 5 nitrogen and oxygen atoms in total. The Morgan fingerprint density at radius 2 is 2.04 bits per heavy atom. The number of hydrogen-bond acceptors (Lipinski definition) is 4. The second kappa shape index (κ2) is 7.78. The van der Waals surface area contributed by atoms with Gasteiger partial charge in [-0.1, -0.05) is 32.0 Å². The zero-order valence-corrected chi connectivity index (χ0v) is 15.4. The average Bonchev–Trinajstić information content (AvgIpc) is 3.29. The van der Waals surface area contributed by atoms with Crippen molar-refractivity contribution in [1.29, 1.82) is 0 Å². The van der Waals surface area contributed by atoms with Crippen molar-refractivity contribution < 1.29 is 14.0 Å². The van der Waals surface area contributed by atoms with Crippen molar-refractivity contribution in [2.75, 3.05) is 6.54 Å². The molecular weight excluding hydrogens is 353 g/mol. The Morgan fingerprint density at radius 1 is 1.31 bits per heavy atom. The van der Waals surface area contributed by atoms with Crippen LogP contribution in [0.25, 0.3) is 0 Å². The highest BCUT2D eigenvalue weighted by Gasteiger charge is 2.33. The molecule has 1 unspecified atom stereocenters. The molecule has 1 aromatic carbocycles. The van der Waals surface area contributed by atoms with Gasteiger partial charge in [0.25, 0.3) is 5.91 Å². The normalized spacial score (nSPS) is 16.7. The Bertz CT molecular complexity index is 816. The molecule has 1 aliphatic heterocycles. The monoisotopic (exact) mass is 373 g/mol. The number of rotatable bonds is 5. The fraction of sp³-hybridized carbons (Fsp3) is 0.316. The van der Waals surface area contributed by atoms with Crippen LogP contribution in [0.5, 0.6) is 0 Å². The van der Waals surface area contributed by atoms with E-state index in [-0.39, 0.29) is 36.1 Å². The summed E-state index contributed by atoms with van der Waals surface area (Å²) >= 11 is 1.56. The summed E-state index contributed by atoms with van der Waals surface area (Å²) in [6.07, 6.45) is 0.552. The molecular formula is C19H20FN3O2S. The number of hydrogen-bond donors (Lipinski definition) is 1. The zero-order valence-electron chi connectivity index (χ0n) is 14.6. The number of hydrazone groups is 1. The molecule has 3 rings (SSSR count). The molecule has 26 heavy (non-hydrogen) atoms. The Hall–Kier alpha value is -2.54. The smallest absolute Gasteiger partial charge is 0.262 e. The topological polar surface area (TPSA) is 61.8 Å². The van der Waals surface area contributed by atoms with Crippen molar-refractivity contribution >= 4 is 28.9 Å². The predicted octanol–water partition coefficient (Wildman–Crippen LogP) is 3.34. The molecule has 0 fully saturated rings. The van der Waals surface area contributed by atoms with E-state index in [1.165, 1.54) is 17.1 Å². The molecule has 1 atom stereocenters. The highest BCUT2D eigenvalue weighted by molar-refractivity contribution is 7.12. The van der Waals surface area contributed by atoms with Gasteiger partial charge in [-0.25, -0.2) is 9.40 Å². The molecule has 2 heterocycles. The maximum absolute atomic E-state index is 13.3. The Morgan fingerprint density at radius 3 is 2.65 bits per heavy atom. The summed E-state index contributed by atoms with van der Waals surface area (Å²) in [5, 5.41) is 10.5. The SMILES string of the molecule is CC(C)C(=O)NCC(=O)N1N=C(c2cccs2)CC1c1ccc(F)cc1. The molecule has 0 saturated heterocycles. The van der Waals surface area contributed by atoms with Crippen molar-refractivity contribution in [2.24, 2.45) is 11.0 Å². The van der Waals surface area contributed by atoms with Crippen LogP contribution in [0, 0.1) is 11.7 Å². The van der Waals surface area contributed by atoms with Gasteiger partial charge in [-0.2, -0.15) is 5.10 Å². The summed E-state index contributed by atoms with van der Waals surface area (Å²) in [6, 6.07) is 9.67. The lowest BCUT2D eigenvalue weighted by Gasteiger charge is -2.22. The number of carbonyl (C=O) groups excluding carboxylic acids is 2. The molecule has 0 saturated carbocycles.